The van der Waals surface area contributed by atoms with Crippen LogP contribution in [0.4, 0.5) is 0 Å². The Morgan fingerprint density at radius 3 is 1.25 bits per heavy atom. The third-order valence-corrected chi connectivity index (χ3v) is 7.45. The second-order valence-electron chi connectivity index (χ2n) is 5.29. The third-order valence-electron chi connectivity index (χ3n) is 3.41. The minimum absolute atomic E-state index is 0. The minimum atomic E-state index is 0. The summed E-state index contributed by atoms with van der Waals surface area (Å²) in [6.07, 6.45) is 17.8. The van der Waals surface area contributed by atoms with Gasteiger partial charge in [0.05, 0.1) is 0 Å². The van der Waals surface area contributed by atoms with Crippen LogP contribution in [0.2, 0.25) is 15.4 Å². The first-order chi connectivity index (χ1) is 9.41. The molecule has 0 bridgehead atoms. The van der Waals surface area contributed by atoms with E-state index in [-0.39, 0.29) is 74.0 Å². The Morgan fingerprint density at radius 1 is 0.600 bits per heavy atom. The summed E-state index contributed by atoms with van der Waals surface area (Å²) in [4.78, 5) is 0. The van der Waals surface area contributed by atoms with Crippen molar-refractivity contribution in [3.05, 3.63) is 0 Å². The van der Waals surface area contributed by atoms with Crippen molar-refractivity contribution in [2.24, 2.45) is 0 Å². The molecule has 0 fully saturated rings. The first-order valence-electron chi connectivity index (χ1n) is 9.12. The van der Waals surface area contributed by atoms with E-state index in [2.05, 4.69) is 20.4 Å². The van der Waals surface area contributed by atoms with Crippen molar-refractivity contribution < 1.29 is 52.8 Å². The van der Waals surface area contributed by atoms with Gasteiger partial charge in [-0.2, -0.15) is 0 Å². The van der Waals surface area contributed by atoms with Crippen LogP contribution in [0.3, 0.4) is 0 Å². The van der Waals surface area contributed by atoms with E-state index in [1.807, 2.05) is 0 Å². The maximum absolute atomic E-state index is 2.30. The smallest absolute Gasteiger partial charge is 1.00 e. The summed E-state index contributed by atoms with van der Waals surface area (Å²) in [6.45, 7) is 6.74. The van der Waals surface area contributed by atoms with Gasteiger partial charge in [0, 0.05) is 0 Å². The first kappa shape index (κ1) is 27.5. The average Bonchev–Trinajstić information content (AvgIpc) is 2.46. The second kappa shape index (κ2) is 29.6. The van der Waals surface area contributed by atoms with Crippen molar-refractivity contribution in [3.8, 4) is 0 Å². The molecule has 0 heterocycles. The van der Waals surface area contributed by atoms with Crippen molar-refractivity contribution in [2.45, 2.75) is 106 Å². The molecule has 0 aliphatic carbocycles. The quantitative estimate of drug-likeness (QED) is 0.293. The SMILES string of the molecule is CCCCCCC[CH2][Sn][CH2]CCCCCCC.C[SiH3].[H-].[K+]. The standard InChI is InChI=1S/2C8H17.CH6Si.K.Sn.H/c2*1-3-5-7-8-6-4-2;1-2;;;/h2*1,3-8H2,2H3;1-2H3;;;/q;;;+1;;-1. The van der Waals surface area contributed by atoms with Gasteiger partial charge in [-0.15, -0.1) is 0 Å². The predicted molar refractivity (Wildman–Crippen MR) is 99.0 cm³/mol. The number of hydrogen-bond acceptors (Lipinski definition) is 0. The van der Waals surface area contributed by atoms with Gasteiger partial charge in [0.1, 0.15) is 0 Å². The summed E-state index contributed by atoms with van der Waals surface area (Å²) in [6, 6.07) is 0. The zero-order valence-corrected chi connectivity index (χ0v) is 23.4. The molecule has 0 aliphatic rings. The van der Waals surface area contributed by atoms with Gasteiger partial charge in [-0.1, -0.05) is 6.55 Å². The zero-order valence-electron chi connectivity index (χ0n) is 16.4. The molecule has 0 N–H and O–H groups in total. The normalized spacial score (nSPS) is 9.75. The molecule has 0 saturated heterocycles. The molecule has 0 rings (SSSR count). The van der Waals surface area contributed by atoms with Gasteiger partial charge >= 0.3 is 172 Å². The van der Waals surface area contributed by atoms with Crippen LogP contribution >= 0.6 is 0 Å². The molecule has 0 atom stereocenters. The molecule has 0 aromatic rings. The van der Waals surface area contributed by atoms with E-state index < -0.39 is 0 Å². The second-order valence-corrected chi connectivity index (χ2v) is 9.57. The molecule has 0 amide bonds. The monoisotopic (exact) mass is 432 g/mol. The summed E-state index contributed by atoms with van der Waals surface area (Å²) in [5.74, 6) is 0. The van der Waals surface area contributed by atoms with Crippen molar-refractivity contribution in [1.29, 1.82) is 0 Å². The molecule has 0 nitrogen and oxygen atoms in total. The Morgan fingerprint density at radius 2 is 0.900 bits per heavy atom. The first-order valence-corrected chi connectivity index (χ1v) is 15.2. The summed E-state index contributed by atoms with van der Waals surface area (Å²) in [7, 11) is 1.31. The zero-order chi connectivity index (χ0) is 14.6. The third kappa shape index (κ3) is 28.8. The Kier molecular flexibility index (Phi) is 40.7. The fourth-order valence-electron chi connectivity index (χ4n) is 2.19. The molecule has 0 spiro atoms. The van der Waals surface area contributed by atoms with Gasteiger partial charge in [-0.05, 0) is 10.2 Å². The van der Waals surface area contributed by atoms with Gasteiger partial charge in [-0.3, -0.25) is 0 Å². The van der Waals surface area contributed by atoms with Crippen molar-refractivity contribution in [2.75, 3.05) is 0 Å². The van der Waals surface area contributed by atoms with Crippen LogP contribution in [0, 0.1) is 0 Å². The molecule has 118 valence electrons. The predicted octanol–water partition coefficient (Wildman–Crippen LogP) is 2.76. The van der Waals surface area contributed by atoms with Crippen LogP contribution in [-0.2, 0) is 0 Å². The van der Waals surface area contributed by atoms with E-state index in [0.717, 1.165) is 0 Å². The molecule has 20 heavy (non-hydrogen) atoms. The molecule has 0 aromatic heterocycles. The van der Waals surface area contributed by atoms with Gasteiger partial charge in [-0.25, -0.2) is 0 Å². The summed E-state index contributed by atoms with van der Waals surface area (Å²) >= 11 is 0.0736. The van der Waals surface area contributed by atoms with Crippen LogP contribution in [0.25, 0.3) is 0 Å². The molecule has 2 radical (unpaired) electrons. The summed E-state index contributed by atoms with van der Waals surface area (Å²) in [5.41, 5.74) is 0. The molecule has 0 unspecified atom stereocenters. The summed E-state index contributed by atoms with van der Waals surface area (Å²) in [5, 5.41) is 0. The van der Waals surface area contributed by atoms with Crippen LogP contribution in [0.15, 0.2) is 0 Å². The molecule has 0 aromatic carbocycles. The van der Waals surface area contributed by atoms with Gasteiger partial charge in [0.25, 0.3) is 0 Å². The van der Waals surface area contributed by atoms with E-state index in [4.69, 9.17) is 0 Å². The van der Waals surface area contributed by atoms with E-state index in [1.54, 1.807) is 21.7 Å². The summed E-state index contributed by atoms with van der Waals surface area (Å²) < 4.78 is 3.31. The topological polar surface area (TPSA) is 0 Å². The number of hydrogen-bond donors (Lipinski definition) is 0. The van der Waals surface area contributed by atoms with Gasteiger partial charge < -0.3 is 1.43 Å². The van der Waals surface area contributed by atoms with E-state index >= 15 is 0 Å². The fourth-order valence-corrected chi connectivity index (χ4v) is 5.75. The Balaban J connectivity index is -0.000000344. The molecule has 3 heteroatoms. The van der Waals surface area contributed by atoms with Crippen LogP contribution in [0.1, 0.15) is 92.3 Å². The minimum Gasteiger partial charge on any atom is -1.00 e. The van der Waals surface area contributed by atoms with Crippen LogP contribution in [0.5, 0.6) is 0 Å². The molecule has 0 aliphatic heterocycles. The fraction of sp³-hybridized carbons (Fsp3) is 1.00. The maximum Gasteiger partial charge on any atom is 1.00 e. The van der Waals surface area contributed by atoms with Crippen LogP contribution in [-0.4, -0.2) is 31.4 Å². The Bertz CT molecular complexity index is 126. The van der Waals surface area contributed by atoms with Crippen LogP contribution < -0.4 is 51.4 Å². The van der Waals surface area contributed by atoms with Crippen molar-refractivity contribution in [1.82, 2.24) is 0 Å². The molecular weight excluding hydrogens is 390 g/mol. The number of rotatable bonds is 14. The Hall–Kier alpha value is 2.65. The van der Waals surface area contributed by atoms with E-state index in [0.29, 0.717) is 0 Å². The van der Waals surface area contributed by atoms with E-state index in [1.165, 1.54) is 74.5 Å². The molecule has 0 saturated carbocycles. The van der Waals surface area contributed by atoms with E-state index in [9.17, 15) is 0 Å². The Labute approximate surface area is 188 Å². The number of unbranched alkanes of at least 4 members (excludes halogenated alkanes) is 10. The molecular formula is C17H41KSiSn. The average molecular weight is 431 g/mol. The maximum atomic E-state index is 2.30. The van der Waals surface area contributed by atoms with Gasteiger partial charge in [0.2, 0.25) is 0 Å². The van der Waals surface area contributed by atoms with Gasteiger partial charge in [0.15, 0.2) is 0 Å². The van der Waals surface area contributed by atoms with Crippen molar-refractivity contribution in [3.63, 3.8) is 0 Å². The largest absolute Gasteiger partial charge is 1.00 e. The van der Waals surface area contributed by atoms with Crippen molar-refractivity contribution >= 4 is 31.4 Å².